The summed E-state index contributed by atoms with van der Waals surface area (Å²) in [6, 6.07) is 6.34. The summed E-state index contributed by atoms with van der Waals surface area (Å²) in [4.78, 5) is 35.3. The molecule has 32 heavy (non-hydrogen) atoms. The fourth-order valence-corrected chi connectivity index (χ4v) is 5.31. The normalized spacial score (nSPS) is 24.0. The molecular weight excluding hydrogens is 436 g/mol. The molecule has 3 N–H and O–H groups in total. The molecule has 11 heteroatoms. The van der Waals surface area contributed by atoms with Crippen molar-refractivity contribution in [3.63, 3.8) is 0 Å². The Hall–Kier alpha value is -2.95. The van der Waals surface area contributed by atoms with E-state index in [0.717, 1.165) is 6.26 Å². The molecule has 1 fully saturated rings. The van der Waals surface area contributed by atoms with E-state index >= 15 is 0 Å². The van der Waals surface area contributed by atoms with Crippen LogP contribution in [0.1, 0.15) is 44.6 Å². The van der Waals surface area contributed by atoms with E-state index < -0.39 is 33.3 Å². The molecule has 1 spiro atoms. The average molecular weight is 465 g/mol. The Kier molecular flexibility index (Phi) is 6.87. The molecule has 0 radical (unpaired) electrons. The lowest BCUT2D eigenvalue weighted by Crippen LogP contribution is -2.53. The number of rotatable bonds is 5. The summed E-state index contributed by atoms with van der Waals surface area (Å²) in [5, 5.41) is 9.18. The predicted molar refractivity (Wildman–Crippen MR) is 117 cm³/mol. The maximum absolute atomic E-state index is 12.3. The van der Waals surface area contributed by atoms with Gasteiger partial charge in [0.15, 0.2) is 15.4 Å². The molecule has 3 amide bonds. The van der Waals surface area contributed by atoms with E-state index in [1.165, 1.54) is 13.1 Å². The maximum atomic E-state index is 12.3. The molecule has 3 rings (SSSR count). The van der Waals surface area contributed by atoms with Crippen molar-refractivity contribution in [1.82, 2.24) is 16.1 Å². The number of hydrazone groups is 1. The van der Waals surface area contributed by atoms with Gasteiger partial charge in [-0.15, -0.1) is 0 Å². The molecule has 10 nitrogen and oxygen atoms in total. The van der Waals surface area contributed by atoms with Crippen LogP contribution in [0.15, 0.2) is 34.3 Å². The minimum atomic E-state index is -3.52. The number of benzene rings is 1. The summed E-state index contributed by atoms with van der Waals surface area (Å²) in [5.41, 5.74) is 2.11. The van der Waals surface area contributed by atoms with Crippen molar-refractivity contribution in [1.29, 1.82) is 0 Å². The van der Waals surface area contributed by atoms with Gasteiger partial charge in [0.1, 0.15) is 5.71 Å². The minimum absolute atomic E-state index is 0.130. The highest BCUT2D eigenvalue weighted by atomic mass is 32.2. The number of amides is 3. The molecule has 2 aliphatic rings. The minimum Gasteiger partial charge on any atom is -0.435 e. The quantitative estimate of drug-likeness (QED) is 0.557. The molecule has 1 heterocycles. The van der Waals surface area contributed by atoms with Crippen molar-refractivity contribution in [2.75, 3.05) is 13.3 Å². The van der Waals surface area contributed by atoms with Crippen LogP contribution in [0.3, 0.4) is 0 Å². The topological polar surface area (TPSA) is 143 Å². The van der Waals surface area contributed by atoms with Gasteiger partial charge in [-0.05, 0) is 51.0 Å². The molecule has 1 aromatic rings. The van der Waals surface area contributed by atoms with Gasteiger partial charge in [0.05, 0.1) is 4.90 Å². The van der Waals surface area contributed by atoms with Gasteiger partial charge in [-0.25, -0.2) is 18.6 Å². The summed E-state index contributed by atoms with van der Waals surface area (Å²) in [5.74, 6) is -1.13. The average Bonchev–Trinajstić information content (AvgIpc) is 2.74. The third-order valence-electron chi connectivity index (χ3n) is 5.93. The van der Waals surface area contributed by atoms with E-state index in [1.54, 1.807) is 18.2 Å². The first-order chi connectivity index (χ1) is 15.1. The van der Waals surface area contributed by atoms with E-state index in [9.17, 15) is 22.8 Å². The number of carbonyl (C=O) groups excluding carboxylic acids is 3. The van der Waals surface area contributed by atoms with E-state index in [1.807, 2.05) is 6.92 Å². The van der Waals surface area contributed by atoms with Gasteiger partial charge < -0.3 is 15.4 Å². The van der Waals surface area contributed by atoms with Crippen molar-refractivity contribution in [3.8, 4) is 0 Å². The van der Waals surface area contributed by atoms with Crippen LogP contribution in [0.2, 0.25) is 0 Å². The monoisotopic (exact) mass is 464 g/mol. The summed E-state index contributed by atoms with van der Waals surface area (Å²) in [6.07, 6.45) is 3.44. The Labute approximate surface area is 187 Å². The van der Waals surface area contributed by atoms with Gasteiger partial charge >= 0.3 is 17.9 Å². The van der Waals surface area contributed by atoms with E-state index in [0.29, 0.717) is 43.4 Å². The summed E-state index contributed by atoms with van der Waals surface area (Å²) < 4.78 is 30.3. The first-order valence-corrected chi connectivity index (χ1v) is 12.3. The van der Waals surface area contributed by atoms with E-state index in [2.05, 4.69) is 21.2 Å². The summed E-state index contributed by atoms with van der Waals surface area (Å²) in [7, 11) is -2.12. The zero-order valence-electron chi connectivity index (χ0n) is 18.3. The molecule has 1 aliphatic heterocycles. The molecule has 1 atom stereocenters. The van der Waals surface area contributed by atoms with Gasteiger partial charge in [-0.1, -0.05) is 18.2 Å². The van der Waals surface area contributed by atoms with Crippen LogP contribution in [-0.2, 0) is 24.2 Å². The predicted octanol–water partition coefficient (Wildman–Crippen LogP) is 1.10. The van der Waals surface area contributed by atoms with Crippen LogP contribution in [0.25, 0.3) is 0 Å². The van der Waals surface area contributed by atoms with Crippen LogP contribution in [0.5, 0.6) is 0 Å². The second-order valence-corrected chi connectivity index (χ2v) is 10.3. The molecule has 0 aromatic heterocycles. The molecule has 0 unspecified atom stereocenters. The molecule has 1 saturated carbocycles. The number of carbonyl (C=O) groups is 3. The van der Waals surface area contributed by atoms with Gasteiger partial charge in [-0.2, -0.15) is 5.10 Å². The number of hydrogen-bond acceptors (Lipinski definition) is 7. The van der Waals surface area contributed by atoms with Crippen molar-refractivity contribution in [2.24, 2.45) is 11.0 Å². The third-order valence-corrected chi connectivity index (χ3v) is 7.09. The number of ether oxygens (including phenoxy) is 1. The number of sulfone groups is 1. The van der Waals surface area contributed by atoms with Crippen molar-refractivity contribution in [3.05, 3.63) is 29.8 Å². The molecule has 174 valence electrons. The number of nitrogens with one attached hydrogen (secondary N) is 3. The fraction of sp³-hybridized carbons (Fsp3) is 0.524. The Morgan fingerprint density at radius 1 is 1.25 bits per heavy atom. The first-order valence-electron chi connectivity index (χ1n) is 10.4. The van der Waals surface area contributed by atoms with Crippen LogP contribution in [-0.4, -0.2) is 57.0 Å². The van der Waals surface area contributed by atoms with Gasteiger partial charge in [0, 0.05) is 24.9 Å². The maximum Gasteiger partial charge on any atom is 0.428 e. The van der Waals surface area contributed by atoms with Crippen LogP contribution in [0.4, 0.5) is 4.79 Å². The molecule has 0 bridgehead atoms. The highest BCUT2D eigenvalue weighted by Gasteiger charge is 2.47. The Morgan fingerprint density at radius 2 is 1.91 bits per heavy atom. The molecule has 1 aromatic carbocycles. The van der Waals surface area contributed by atoms with Crippen LogP contribution in [0, 0.1) is 5.92 Å². The largest absolute Gasteiger partial charge is 0.435 e. The lowest BCUT2D eigenvalue weighted by molar-refractivity contribution is -0.139. The van der Waals surface area contributed by atoms with E-state index in [4.69, 9.17) is 4.74 Å². The van der Waals surface area contributed by atoms with Crippen molar-refractivity contribution >= 4 is 33.5 Å². The Morgan fingerprint density at radius 3 is 2.53 bits per heavy atom. The zero-order chi connectivity index (χ0) is 23.5. The standard InChI is InChI=1S/C21H28N4O6S/c1-13(23-19(27)18(26)22-2)12-14-8-10-21(11-9-14)17(24-25-20(28)31-21)15-6-4-5-7-16(15)32(3,29)30/h4-7,13-14H,8-12H2,1-3H3,(H,22,26)(H,23,27)(H,25,28)/t13-,14?,21?/m0/s1. The van der Waals surface area contributed by atoms with Crippen LogP contribution < -0.4 is 16.1 Å². The second-order valence-electron chi connectivity index (χ2n) is 8.36. The lowest BCUT2D eigenvalue weighted by Gasteiger charge is -2.42. The lowest BCUT2D eigenvalue weighted by atomic mass is 9.73. The highest BCUT2D eigenvalue weighted by molar-refractivity contribution is 7.90. The summed E-state index contributed by atoms with van der Waals surface area (Å²) >= 11 is 0. The second kappa shape index (κ2) is 9.27. The van der Waals surface area contributed by atoms with E-state index in [-0.39, 0.29) is 16.9 Å². The Balaban J connectivity index is 1.77. The fourth-order valence-electron chi connectivity index (χ4n) is 4.42. The highest BCUT2D eigenvalue weighted by Crippen LogP contribution is 2.41. The van der Waals surface area contributed by atoms with Gasteiger partial charge in [0.2, 0.25) is 0 Å². The molecular formula is C21H28N4O6S. The van der Waals surface area contributed by atoms with Gasteiger partial charge in [-0.3, -0.25) is 9.59 Å². The SMILES string of the molecule is CNC(=O)C(=O)N[C@@H](C)CC1CCC2(CC1)OC(=O)NN=C2c1ccccc1S(C)(=O)=O. The van der Waals surface area contributed by atoms with Crippen LogP contribution >= 0.6 is 0 Å². The zero-order valence-corrected chi connectivity index (χ0v) is 19.1. The molecule has 0 saturated heterocycles. The molecule has 1 aliphatic carbocycles. The Bertz CT molecular complexity index is 1040. The number of hydrogen-bond donors (Lipinski definition) is 3. The van der Waals surface area contributed by atoms with Gasteiger partial charge in [0.25, 0.3) is 0 Å². The number of likely N-dealkylation sites (N-methyl/N-ethyl adjacent to an activating group) is 1. The number of nitrogens with zero attached hydrogens (tertiary/aromatic N) is 1. The summed E-state index contributed by atoms with van der Waals surface area (Å²) in [6.45, 7) is 1.84. The first kappa shape index (κ1) is 23.7. The third kappa shape index (κ3) is 5.09. The smallest absolute Gasteiger partial charge is 0.428 e. The van der Waals surface area contributed by atoms with Crippen molar-refractivity contribution < 1.29 is 27.5 Å². The van der Waals surface area contributed by atoms with Crippen molar-refractivity contribution in [2.45, 2.75) is 55.6 Å².